The number of rotatable bonds is 16. The fourth-order valence-corrected chi connectivity index (χ4v) is 8.74. The molecule has 2 aromatic rings. The maximum atomic E-state index is 12.5. The third-order valence-electron chi connectivity index (χ3n) is 11.8. The van der Waals surface area contributed by atoms with Gasteiger partial charge in [-0.15, -0.1) is 46.3 Å². The maximum absolute atomic E-state index is 12.5. The number of fused-ring (bicyclic) bond motifs is 8. The number of carboxylic acids is 6. The van der Waals surface area contributed by atoms with Gasteiger partial charge in [-0.3, -0.25) is 28.8 Å². The van der Waals surface area contributed by atoms with Gasteiger partial charge >= 0.3 is 52.9 Å². The molecule has 3 aliphatic heterocycles. The van der Waals surface area contributed by atoms with Crippen LogP contribution in [0.1, 0.15) is 98.9 Å². The van der Waals surface area contributed by atoms with Crippen molar-refractivity contribution in [1.82, 2.24) is 9.97 Å². The molecule has 2 aromatic heterocycles. The largest absolute Gasteiger partial charge is 4.00 e. The molecular formula is C40H46FeN4O12. The summed E-state index contributed by atoms with van der Waals surface area (Å²) < 4.78 is 0. The summed E-state index contributed by atoms with van der Waals surface area (Å²) in [7, 11) is 0. The molecule has 306 valence electrons. The van der Waals surface area contributed by atoms with E-state index in [0.717, 1.165) is 0 Å². The number of nitrogens with zero attached hydrogens (tertiary/aromatic N) is 4. The molecule has 17 heteroatoms. The molecule has 0 saturated carbocycles. The van der Waals surface area contributed by atoms with Crippen molar-refractivity contribution >= 4 is 54.0 Å². The Kier molecular flexibility index (Phi) is 13.7. The fourth-order valence-electron chi connectivity index (χ4n) is 8.74. The Bertz CT molecular complexity index is 2150. The Hall–Kier alpha value is -5.12. The summed E-state index contributed by atoms with van der Waals surface area (Å²) in [6, 6.07) is -1.68. The van der Waals surface area contributed by atoms with Crippen LogP contribution in [0.4, 0.5) is 0 Å². The van der Waals surface area contributed by atoms with Crippen molar-refractivity contribution in [3.05, 3.63) is 72.4 Å². The molecule has 0 radical (unpaired) electrons. The van der Waals surface area contributed by atoms with Crippen LogP contribution < -0.4 is 20.7 Å². The number of hydrogen-bond donors (Lipinski definition) is 6. The first-order valence-corrected chi connectivity index (χ1v) is 18.4. The van der Waals surface area contributed by atoms with Crippen LogP contribution in [0, 0.1) is 36.5 Å². The van der Waals surface area contributed by atoms with E-state index in [-0.39, 0.29) is 74.1 Å². The maximum Gasteiger partial charge on any atom is 4.00 e. The molecule has 3 aliphatic rings. The standard InChI is InChI=1S/C40H46N4O12.Fe/c1-19-21(5-9-33(45)46)27-14-28-22(6-10-34(47)48)20(2)26(42-28)15-31-40(4,18-38(55)56)24(8-12-36(51)52)30(44-31)16-32-39(3,17-37(53)54)23(7-11-35(49)50)29(43-32)13-25(19)41-27;/h13-16,23-24,29,32H,5-12,17-18H2,1-4H3,(H,45,46)(H,47,48)(H,49,50)(H,51,52)(H,53,54)(H,55,56);/q-4;+4/b25-13-,27-14-,30-16-,31-15-;/t23-,24-,29?,32?,39-,40-;/m0./s1. The molecule has 6 N–H and O–H groups in total. The van der Waals surface area contributed by atoms with Crippen LogP contribution in [0.2, 0.25) is 0 Å². The monoisotopic (exact) mass is 830 g/mol. The van der Waals surface area contributed by atoms with E-state index < -0.39 is 83.4 Å². The van der Waals surface area contributed by atoms with E-state index in [1.165, 1.54) is 0 Å². The molecular weight excluding hydrogens is 784 g/mol. The Morgan fingerprint density at radius 3 is 1.81 bits per heavy atom. The van der Waals surface area contributed by atoms with E-state index in [4.69, 9.17) is 20.6 Å². The quantitative estimate of drug-likeness (QED) is 0.132. The Morgan fingerprint density at radius 1 is 0.649 bits per heavy atom. The first kappa shape index (κ1) is 44.6. The molecule has 5 rings (SSSR count). The van der Waals surface area contributed by atoms with Crippen LogP contribution in [-0.2, 0) is 58.7 Å². The van der Waals surface area contributed by atoms with Gasteiger partial charge in [-0.2, -0.15) is 11.4 Å². The van der Waals surface area contributed by atoms with Crippen LogP contribution in [0.25, 0.3) is 28.9 Å². The molecule has 0 amide bonds. The second kappa shape index (κ2) is 17.6. The van der Waals surface area contributed by atoms with Gasteiger partial charge in [0.1, 0.15) is 0 Å². The SMILES string of the molecule is Cc1c2[n-]c(c1CCC(=O)O)/C=c1\[n-]/c(c(C)c1CCC(=O)O)=C\C1[N-]C(/C=C3\[N-]/C(=C\2)[C@@](C)(CC(=O)O)[C@H]3CCC(=O)O)[C@@](C)(CC(=O)O)[C@H]1CCC(=O)O.[Fe+4]. The van der Waals surface area contributed by atoms with Gasteiger partial charge in [0.05, 0.1) is 6.42 Å². The van der Waals surface area contributed by atoms with Crippen LogP contribution in [-0.4, -0.2) is 78.5 Å². The second-order valence-corrected chi connectivity index (χ2v) is 15.5. The van der Waals surface area contributed by atoms with E-state index in [9.17, 15) is 59.4 Å². The molecule has 0 aromatic carbocycles. The summed E-state index contributed by atoms with van der Waals surface area (Å²) in [5, 5.41) is 69.9. The van der Waals surface area contributed by atoms with E-state index in [2.05, 4.69) is 0 Å². The summed E-state index contributed by atoms with van der Waals surface area (Å²) in [6.45, 7) is 6.92. The summed E-state index contributed by atoms with van der Waals surface area (Å²) in [6.07, 6.45) is 4.95. The first-order chi connectivity index (χ1) is 26.2. The fraction of sp³-hybridized carbons (Fsp3) is 0.500. The predicted molar refractivity (Wildman–Crippen MR) is 200 cm³/mol. The second-order valence-electron chi connectivity index (χ2n) is 15.5. The molecule has 57 heavy (non-hydrogen) atoms. The van der Waals surface area contributed by atoms with Gasteiger partial charge in [-0.1, -0.05) is 48.3 Å². The van der Waals surface area contributed by atoms with Gasteiger partial charge in [0.2, 0.25) is 0 Å². The minimum Gasteiger partial charge on any atom is -0.664 e. The normalized spacial score (nSPS) is 27.9. The predicted octanol–water partition coefficient (Wildman–Crippen LogP) is 3.53. The number of carboxylic acid groups (broad SMARTS) is 6. The van der Waals surface area contributed by atoms with Gasteiger partial charge in [-0.25, -0.2) is 0 Å². The summed E-state index contributed by atoms with van der Waals surface area (Å²) >= 11 is 0. The van der Waals surface area contributed by atoms with Crippen molar-refractivity contribution in [3.63, 3.8) is 0 Å². The van der Waals surface area contributed by atoms with Crippen molar-refractivity contribution < 1.29 is 76.5 Å². The minimum absolute atomic E-state index is 0. The number of allylic oxidation sites excluding steroid dienone is 2. The number of hydrogen-bond acceptors (Lipinski definition) is 6. The van der Waals surface area contributed by atoms with Crippen LogP contribution in [0.15, 0.2) is 17.5 Å². The topological polar surface area (TPSA) is 280 Å². The summed E-state index contributed by atoms with van der Waals surface area (Å²) in [5.74, 6) is -8.03. The van der Waals surface area contributed by atoms with Gasteiger partial charge in [0.25, 0.3) is 0 Å². The van der Waals surface area contributed by atoms with Crippen molar-refractivity contribution in [3.8, 4) is 0 Å². The van der Waals surface area contributed by atoms with Crippen molar-refractivity contribution in [1.29, 1.82) is 0 Å². The molecule has 5 heterocycles. The molecule has 0 spiro atoms. The number of carbonyl (C=O) groups is 6. The van der Waals surface area contributed by atoms with Crippen molar-refractivity contribution in [2.45, 2.75) is 104 Å². The molecule has 0 aliphatic carbocycles. The van der Waals surface area contributed by atoms with Gasteiger partial charge in [0, 0.05) is 32.1 Å². The summed E-state index contributed by atoms with van der Waals surface area (Å²) in [5.41, 5.74) is 1.30. The van der Waals surface area contributed by atoms with E-state index in [1.54, 1.807) is 52.0 Å². The number of aromatic nitrogens is 2. The number of aliphatic carboxylic acids is 6. The molecule has 2 saturated heterocycles. The zero-order chi connectivity index (χ0) is 41.3. The Morgan fingerprint density at radius 2 is 1.23 bits per heavy atom. The van der Waals surface area contributed by atoms with Gasteiger partial charge in [0.15, 0.2) is 0 Å². The Balaban J connectivity index is 0.00000720. The van der Waals surface area contributed by atoms with Crippen LogP contribution >= 0.6 is 0 Å². The molecule has 16 nitrogen and oxygen atoms in total. The van der Waals surface area contributed by atoms with Gasteiger partial charge < -0.3 is 51.2 Å². The molecule has 8 bridgehead atoms. The third kappa shape index (κ3) is 9.54. The van der Waals surface area contributed by atoms with E-state index >= 15 is 0 Å². The molecule has 2 unspecified atom stereocenters. The zero-order valence-corrected chi connectivity index (χ0v) is 33.1. The molecule has 6 atom stereocenters. The van der Waals surface area contributed by atoms with Crippen molar-refractivity contribution in [2.24, 2.45) is 22.7 Å². The van der Waals surface area contributed by atoms with Crippen LogP contribution in [0.5, 0.6) is 0 Å². The smallest absolute Gasteiger partial charge is 0.664 e. The molecule has 2 fully saturated rings. The zero-order valence-electron chi connectivity index (χ0n) is 32.0. The average molecular weight is 831 g/mol. The van der Waals surface area contributed by atoms with Crippen molar-refractivity contribution in [2.75, 3.05) is 0 Å². The third-order valence-corrected chi connectivity index (χ3v) is 11.8. The first-order valence-electron chi connectivity index (χ1n) is 18.4. The van der Waals surface area contributed by atoms with E-state index in [0.29, 0.717) is 50.0 Å². The average Bonchev–Trinajstić information content (AvgIpc) is 3.70. The minimum atomic E-state index is -1.28. The Labute approximate surface area is 338 Å². The van der Waals surface area contributed by atoms with Crippen LogP contribution in [0.3, 0.4) is 0 Å². The van der Waals surface area contributed by atoms with Gasteiger partial charge in [-0.05, 0) is 62.2 Å². The van der Waals surface area contributed by atoms with E-state index in [1.807, 2.05) is 0 Å². The summed E-state index contributed by atoms with van der Waals surface area (Å²) in [4.78, 5) is 82.1.